The first-order chi connectivity index (χ1) is 9.04. The smallest absolute Gasteiger partial charge is 0.0642 e. The molecule has 1 aromatic carbocycles. The first-order valence-electron chi connectivity index (χ1n) is 6.93. The van der Waals surface area contributed by atoms with Gasteiger partial charge >= 0.3 is 0 Å². The number of hydrogen-bond donors (Lipinski definition) is 1. The molecule has 1 fully saturated rings. The van der Waals surface area contributed by atoms with Crippen LogP contribution in [0, 0.1) is 0 Å². The molecule has 1 heterocycles. The van der Waals surface area contributed by atoms with Gasteiger partial charge in [-0.1, -0.05) is 23.7 Å². The Labute approximate surface area is 121 Å². The number of nitrogens with zero attached hydrogens (tertiary/aromatic N) is 2. The average molecular weight is 282 g/mol. The molecule has 2 atom stereocenters. The summed E-state index contributed by atoms with van der Waals surface area (Å²) >= 11 is 6.45. The molecule has 1 N–H and O–H groups in total. The fourth-order valence-electron chi connectivity index (χ4n) is 2.83. The number of benzene rings is 1. The third-order valence-electron chi connectivity index (χ3n) is 4.11. The highest BCUT2D eigenvalue weighted by molar-refractivity contribution is 6.33. The molecule has 0 aliphatic carbocycles. The highest BCUT2D eigenvalue weighted by Crippen LogP contribution is 2.32. The van der Waals surface area contributed by atoms with E-state index in [0.717, 1.165) is 24.7 Å². The summed E-state index contributed by atoms with van der Waals surface area (Å²) in [5.41, 5.74) is 2.48. The van der Waals surface area contributed by atoms with Crippen LogP contribution in [-0.2, 0) is 6.54 Å². The van der Waals surface area contributed by atoms with Gasteiger partial charge in [-0.15, -0.1) is 0 Å². The van der Waals surface area contributed by atoms with E-state index in [9.17, 15) is 0 Å². The molecule has 0 radical (unpaired) electrons. The van der Waals surface area contributed by atoms with E-state index < -0.39 is 0 Å². The minimum absolute atomic E-state index is 0.544. The monoisotopic (exact) mass is 281 g/mol. The van der Waals surface area contributed by atoms with Crippen molar-refractivity contribution < 1.29 is 0 Å². The van der Waals surface area contributed by atoms with Gasteiger partial charge < -0.3 is 10.2 Å². The van der Waals surface area contributed by atoms with Crippen molar-refractivity contribution in [1.82, 2.24) is 10.2 Å². The van der Waals surface area contributed by atoms with E-state index in [1.807, 2.05) is 19.2 Å². The Balaban J connectivity index is 2.31. The lowest BCUT2D eigenvalue weighted by atomic mass is 10.1. The molecular weight excluding hydrogens is 258 g/mol. The third kappa shape index (κ3) is 3.04. The van der Waals surface area contributed by atoms with E-state index >= 15 is 0 Å². The summed E-state index contributed by atoms with van der Waals surface area (Å²) < 4.78 is 0. The number of nitrogens with one attached hydrogen (secondary N) is 1. The van der Waals surface area contributed by atoms with Gasteiger partial charge in [0, 0.05) is 31.7 Å². The normalized spacial score (nSPS) is 24.8. The van der Waals surface area contributed by atoms with E-state index in [4.69, 9.17) is 11.6 Å². The Bertz CT molecular complexity index is 423. The van der Waals surface area contributed by atoms with Crippen molar-refractivity contribution >= 4 is 17.3 Å². The Morgan fingerprint density at radius 3 is 2.47 bits per heavy atom. The quantitative estimate of drug-likeness (QED) is 0.919. The molecule has 1 aliphatic heterocycles. The maximum Gasteiger partial charge on any atom is 0.0642 e. The van der Waals surface area contributed by atoms with Crippen LogP contribution in [0.3, 0.4) is 0 Å². The fourth-order valence-corrected chi connectivity index (χ4v) is 3.15. The van der Waals surface area contributed by atoms with Crippen molar-refractivity contribution in [2.24, 2.45) is 0 Å². The maximum atomic E-state index is 6.45. The molecule has 0 bridgehead atoms. The molecule has 0 aromatic heterocycles. The average Bonchev–Trinajstić information content (AvgIpc) is 2.36. The zero-order valence-corrected chi connectivity index (χ0v) is 13.0. The molecule has 1 aromatic rings. The van der Waals surface area contributed by atoms with Gasteiger partial charge in [0.25, 0.3) is 0 Å². The highest BCUT2D eigenvalue weighted by Gasteiger charge is 2.28. The summed E-state index contributed by atoms with van der Waals surface area (Å²) in [6.45, 7) is 7.46. The van der Waals surface area contributed by atoms with E-state index in [1.54, 1.807) is 0 Å². The third-order valence-corrected chi connectivity index (χ3v) is 4.42. The lowest BCUT2D eigenvalue weighted by Gasteiger charge is -2.44. The second kappa shape index (κ2) is 6.12. The first kappa shape index (κ1) is 14.6. The predicted octanol–water partition coefficient (Wildman–Crippen LogP) is 2.59. The van der Waals surface area contributed by atoms with Crippen molar-refractivity contribution in [2.75, 3.05) is 32.1 Å². The van der Waals surface area contributed by atoms with Crippen LogP contribution >= 0.6 is 11.6 Å². The summed E-state index contributed by atoms with van der Waals surface area (Å²) in [5, 5.41) is 4.08. The number of halogens is 1. The second-order valence-corrected chi connectivity index (χ2v) is 5.95. The van der Waals surface area contributed by atoms with E-state index in [-0.39, 0.29) is 0 Å². The van der Waals surface area contributed by atoms with E-state index in [0.29, 0.717) is 12.1 Å². The minimum Gasteiger partial charge on any atom is -0.367 e. The van der Waals surface area contributed by atoms with Crippen LogP contribution in [0.5, 0.6) is 0 Å². The van der Waals surface area contributed by atoms with Gasteiger partial charge in [0.2, 0.25) is 0 Å². The zero-order chi connectivity index (χ0) is 14.0. The molecule has 0 spiro atoms. The number of para-hydroxylation sites is 1. The van der Waals surface area contributed by atoms with Crippen LogP contribution in [0.25, 0.3) is 0 Å². The number of hydrogen-bond acceptors (Lipinski definition) is 3. The maximum absolute atomic E-state index is 6.45. The van der Waals surface area contributed by atoms with Crippen LogP contribution in [-0.4, -0.2) is 44.2 Å². The van der Waals surface area contributed by atoms with Gasteiger partial charge in [-0.05, 0) is 39.6 Å². The van der Waals surface area contributed by atoms with Gasteiger partial charge in [0.15, 0.2) is 0 Å². The Hall–Kier alpha value is -0.770. The van der Waals surface area contributed by atoms with Crippen molar-refractivity contribution in [2.45, 2.75) is 32.5 Å². The van der Waals surface area contributed by atoms with Crippen LogP contribution in [0.15, 0.2) is 18.2 Å². The molecule has 2 rings (SSSR count). The molecule has 0 saturated carbocycles. The Morgan fingerprint density at radius 1 is 1.26 bits per heavy atom. The Kier molecular flexibility index (Phi) is 4.71. The number of likely N-dealkylation sites (N-methyl/N-ethyl adjacent to an activating group) is 1. The van der Waals surface area contributed by atoms with Crippen molar-refractivity contribution in [1.29, 1.82) is 0 Å². The van der Waals surface area contributed by atoms with Crippen LogP contribution in [0.4, 0.5) is 5.69 Å². The molecule has 2 unspecified atom stereocenters. The first-order valence-corrected chi connectivity index (χ1v) is 7.31. The van der Waals surface area contributed by atoms with Crippen LogP contribution in [0.2, 0.25) is 5.02 Å². The number of anilines is 1. The zero-order valence-electron chi connectivity index (χ0n) is 12.3. The van der Waals surface area contributed by atoms with Gasteiger partial charge in [0.1, 0.15) is 0 Å². The molecule has 1 aliphatic rings. The second-order valence-electron chi connectivity index (χ2n) is 5.55. The molecular formula is C15H24ClN3. The summed E-state index contributed by atoms with van der Waals surface area (Å²) in [4.78, 5) is 4.87. The molecule has 3 nitrogen and oxygen atoms in total. The Morgan fingerprint density at radius 2 is 1.89 bits per heavy atom. The van der Waals surface area contributed by atoms with Gasteiger partial charge in [-0.3, -0.25) is 4.90 Å². The van der Waals surface area contributed by atoms with Crippen LogP contribution in [0.1, 0.15) is 19.4 Å². The molecule has 0 amide bonds. The van der Waals surface area contributed by atoms with Gasteiger partial charge in [-0.2, -0.15) is 0 Å². The summed E-state index contributed by atoms with van der Waals surface area (Å²) in [5.74, 6) is 0. The molecule has 106 valence electrons. The topological polar surface area (TPSA) is 18.5 Å². The summed E-state index contributed by atoms with van der Waals surface area (Å²) in [6.07, 6.45) is 0. The minimum atomic E-state index is 0.544. The predicted molar refractivity (Wildman–Crippen MR) is 83.1 cm³/mol. The van der Waals surface area contributed by atoms with Crippen molar-refractivity contribution in [3.63, 3.8) is 0 Å². The molecule has 19 heavy (non-hydrogen) atoms. The summed E-state index contributed by atoms with van der Waals surface area (Å²) in [6, 6.07) is 7.26. The lowest BCUT2D eigenvalue weighted by Crippen LogP contribution is -2.55. The molecule has 4 heteroatoms. The lowest BCUT2D eigenvalue weighted by molar-refractivity contribution is 0.170. The number of rotatable bonds is 3. The largest absolute Gasteiger partial charge is 0.367 e. The van der Waals surface area contributed by atoms with Crippen molar-refractivity contribution in [3.05, 3.63) is 28.8 Å². The van der Waals surface area contributed by atoms with Gasteiger partial charge in [0.05, 0.1) is 10.7 Å². The number of piperazine rings is 1. The van der Waals surface area contributed by atoms with Crippen molar-refractivity contribution in [3.8, 4) is 0 Å². The standard InChI is InChI=1S/C15H24ClN3/c1-11-9-19(10-12(2)18(11)4)15-13(8-17-3)6-5-7-14(15)16/h5-7,11-12,17H,8-10H2,1-4H3. The molecule has 1 saturated heterocycles. The fraction of sp³-hybridized carbons (Fsp3) is 0.600. The van der Waals surface area contributed by atoms with E-state index in [2.05, 4.69) is 42.1 Å². The van der Waals surface area contributed by atoms with Crippen LogP contribution < -0.4 is 10.2 Å². The van der Waals surface area contributed by atoms with Gasteiger partial charge in [-0.25, -0.2) is 0 Å². The highest BCUT2D eigenvalue weighted by atomic mass is 35.5. The SMILES string of the molecule is CNCc1cccc(Cl)c1N1CC(C)N(C)C(C)C1. The summed E-state index contributed by atoms with van der Waals surface area (Å²) in [7, 11) is 4.17. The van der Waals surface area contributed by atoms with E-state index in [1.165, 1.54) is 11.3 Å².